The molecule has 27 heavy (non-hydrogen) atoms. The molecule has 1 saturated heterocycles. The molecule has 0 aliphatic carbocycles. The van der Waals surface area contributed by atoms with Gasteiger partial charge < -0.3 is 23.8 Å². The van der Waals surface area contributed by atoms with Crippen LogP contribution >= 0.6 is 0 Å². The zero-order valence-corrected chi connectivity index (χ0v) is 16.0. The number of morpholine rings is 1. The lowest BCUT2D eigenvalue weighted by molar-refractivity contribution is -0.133. The first-order valence-electron chi connectivity index (χ1n) is 9.92. The van der Waals surface area contributed by atoms with Crippen LogP contribution in [0, 0.1) is 0 Å². The summed E-state index contributed by atoms with van der Waals surface area (Å²) in [4.78, 5) is 21.4. The summed E-state index contributed by atoms with van der Waals surface area (Å²) in [6.45, 7) is 8.83. The van der Waals surface area contributed by atoms with Crippen LogP contribution in [0.1, 0.15) is 25.5 Å². The van der Waals surface area contributed by atoms with Gasteiger partial charge in [0.1, 0.15) is 5.65 Å². The number of amides is 1. The Labute approximate surface area is 159 Å². The molecule has 1 fully saturated rings. The van der Waals surface area contributed by atoms with Crippen molar-refractivity contribution in [2.45, 2.75) is 32.9 Å². The highest BCUT2D eigenvalue weighted by atomic mass is 16.5. The van der Waals surface area contributed by atoms with Crippen molar-refractivity contribution in [3.8, 4) is 0 Å². The van der Waals surface area contributed by atoms with Crippen molar-refractivity contribution in [3.63, 3.8) is 0 Å². The molecule has 146 valence electrons. The number of hydrogen-bond acceptors (Lipinski definition) is 5. The second-order valence-electron chi connectivity index (χ2n) is 7.17. The Bertz CT molecular complexity index is 798. The van der Waals surface area contributed by atoms with Crippen molar-refractivity contribution in [2.75, 3.05) is 51.0 Å². The summed E-state index contributed by atoms with van der Waals surface area (Å²) in [6, 6.07) is 4.39. The van der Waals surface area contributed by atoms with Gasteiger partial charge in [0.15, 0.2) is 0 Å². The van der Waals surface area contributed by atoms with E-state index in [4.69, 9.17) is 14.5 Å². The molecule has 2 aromatic rings. The Balaban J connectivity index is 1.46. The van der Waals surface area contributed by atoms with Crippen LogP contribution < -0.4 is 4.90 Å². The van der Waals surface area contributed by atoms with Crippen LogP contribution in [0.5, 0.6) is 0 Å². The Morgan fingerprint density at radius 2 is 2.04 bits per heavy atom. The number of ether oxygens (including phenoxy) is 2. The average Bonchev–Trinajstić information content (AvgIpc) is 3.08. The number of pyridine rings is 1. The third-order valence-electron chi connectivity index (χ3n) is 5.29. The number of aromatic nitrogens is 2. The van der Waals surface area contributed by atoms with Gasteiger partial charge in [0, 0.05) is 43.9 Å². The van der Waals surface area contributed by atoms with E-state index in [2.05, 4.69) is 28.5 Å². The molecule has 0 spiro atoms. The number of carbonyl (C=O) groups is 1. The molecule has 7 nitrogen and oxygen atoms in total. The lowest BCUT2D eigenvalue weighted by Gasteiger charge is -2.29. The largest absolute Gasteiger partial charge is 0.381 e. The zero-order chi connectivity index (χ0) is 18.6. The predicted molar refractivity (Wildman–Crippen MR) is 104 cm³/mol. The van der Waals surface area contributed by atoms with Crippen LogP contribution in [0.15, 0.2) is 18.3 Å². The summed E-state index contributed by atoms with van der Waals surface area (Å²) >= 11 is 0. The molecule has 1 amide bonds. The Kier molecular flexibility index (Phi) is 5.59. The second-order valence-corrected chi connectivity index (χ2v) is 7.17. The van der Waals surface area contributed by atoms with Crippen LogP contribution in [-0.2, 0) is 27.4 Å². The molecule has 0 unspecified atom stereocenters. The van der Waals surface area contributed by atoms with Gasteiger partial charge in [-0.25, -0.2) is 4.98 Å². The summed E-state index contributed by atoms with van der Waals surface area (Å²) in [5.74, 6) is 0.171. The SMILES string of the molecule is CCCOCCC(=O)N1CCn2c(cc3cc(N4CCOCC4)cnc32)C1. The molecule has 0 N–H and O–H groups in total. The molecule has 0 radical (unpaired) electrons. The van der Waals surface area contributed by atoms with Gasteiger partial charge in [-0.15, -0.1) is 0 Å². The van der Waals surface area contributed by atoms with E-state index in [1.165, 1.54) is 0 Å². The highest BCUT2D eigenvalue weighted by Gasteiger charge is 2.23. The summed E-state index contributed by atoms with van der Waals surface area (Å²) in [6.07, 6.45) is 3.40. The Hall–Kier alpha value is -2.12. The van der Waals surface area contributed by atoms with Crippen LogP contribution in [0.4, 0.5) is 5.69 Å². The van der Waals surface area contributed by atoms with E-state index in [1.54, 1.807) is 0 Å². The molecule has 2 aromatic heterocycles. The van der Waals surface area contributed by atoms with Crippen molar-refractivity contribution in [3.05, 3.63) is 24.0 Å². The normalized spacial score (nSPS) is 17.4. The van der Waals surface area contributed by atoms with Crippen molar-refractivity contribution in [2.24, 2.45) is 0 Å². The summed E-state index contributed by atoms with van der Waals surface area (Å²) in [7, 11) is 0. The number of carbonyl (C=O) groups excluding carboxylic acids is 1. The molecule has 7 heteroatoms. The fraction of sp³-hybridized carbons (Fsp3) is 0.600. The predicted octanol–water partition coefficient (Wildman–Crippen LogP) is 2.03. The van der Waals surface area contributed by atoms with Crippen molar-refractivity contribution >= 4 is 22.6 Å². The fourth-order valence-electron chi connectivity index (χ4n) is 3.84. The summed E-state index contributed by atoms with van der Waals surface area (Å²) in [5.41, 5.74) is 3.32. The van der Waals surface area contributed by atoms with E-state index in [1.807, 2.05) is 11.1 Å². The van der Waals surface area contributed by atoms with Crippen molar-refractivity contribution in [1.82, 2.24) is 14.5 Å². The minimum absolute atomic E-state index is 0.171. The monoisotopic (exact) mass is 372 g/mol. The second kappa shape index (κ2) is 8.27. The first kappa shape index (κ1) is 18.3. The molecular formula is C20H28N4O3. The van der Waals surface area contributed by atoms with Crippen LogP contribution in [0.2, 0.25) is 0 Å². The van der Waals surface area contributed by atoms with E-state index in [0.29, 0.717) is 19.6 Å². The van der Waals surface area contributed by atoms with Gasteiger partial charge >= 0.3 is 0 Å². The quantitative estimate of drug-likeness (QED) is 0.726. The molecule has 0 aromatic carbocycles. The third kappa shape index (κ3) is 3.94. The number of rotatable bonds is 6. The molecule has 2 aliphatic rings. The zero-order valence-electron chi connectivity index (χ0n) is 16.0. The molecule has 4 heterocycles. The smallest absolute Gasteiger partial charge is 0.225 e. The van der Waals surface area contributed by atoms with Crippen LogP contribution in [0.25, 0.3) is 11.0 Å². The minimum Gasteiger partial charge on any atom is -0.381 e. The number of fused-ring (bicyclic) bond motifs is 3. The first-order valence-corrected chi connectivity index (χ1v) is 9.92. The standard InChI is InChI=1S/C20H28N4O3/c1-2-8-26-9-3-19(25)23-4-5-24-18(15-23)13-16-12-17(14-21-20(16)24)22-6-10-27-11-7-22/h12-14H,2-11,15H2,1H3. The molecule has 2 aliphatic heterocycles. The Morgan fingerprint density at radius 1 is 1.19 bits per heavy atom. The molecule has 0 atom stereocenters. The number of anilines is 1. The van der Waals surface area contributed by atoms with Gasteiger partial charge in [-0.2, -0.15) is 0 Å². The summed E-state index contributed by atoms with van der Waals surface area (Å²) in [5, 5.41) is 1.15. The highest BCUT2D eigenvalue weighted by Crippen LogP contribution is 2.26. The molecule has 4 rings (SSSR count). The Morgan fingerprint density at radius 3 is 2.85 bits per heavy atom. The van der Waals surface area contributed by atoms with Gasteiger partial charge in [-0.3, -0.25) is 4.79 Å². The van der Waals surface area contributed by atoms with E-state index < -0.39 is 0 Å². The topological polar surface area (TPSA) is 59.8 Å². The fourth-order valence-corrected chi connectivity index (χ4v) is 3.84. The number of nitrogens with zero attached hydrogens (tertiary/aromatic N) is 4. The summed E-state index contributed by atoms with van der Waals surface area (Å²) < 4.78 is 13.1. The van der Waals surface area contributed by atoms with Crippen LogP contribution in [0.3, 0.4) is 0 Å². The first-order chi connectivity index (χ1) is 13.3. The van der Waals surface area contributed by atoms with Gasteiger partial charge in [0.25, 0.3) is 0 Å². The van der Waals surface area contributed by atoms with Crippen molar-refractivity contribution in [1.29, 1.82) is 0 Å². The van der Waals surface area contributed by atoms with Crippen molar-refractivity contribution < 1.29 is 14.3 Å². The van der Waals surface area contributed by atoms with E-state index in [9.17, 15) is 4.79 Å². The molecular weight excluding hydrogens is 344 g/mol. The maximum absolute atomic E-state index is 12.4. The maximum Gasteiger partial charge on any atom is 0.225 e. The van der Waals surface area contributed by atoms with E-state index in [0.717, 1.165) is 74.8 Å². The maximum atomic E-state index is 12.4. The van der Waals surface area contributed by atoms with Gasteiger partial charge in [0.05, 0.1) is 44.7 Å². The van der Waals surface area contributed by atoms with Gasteiger partial charge in [-0.1, -0.05) is 6.92 Å². The van der Waals surface area contributed by atoms with Crippen LogP contribution in [-0.4, -0.2) is 66.4 Å². The highest BCUT2D eigenvalue weighted by molar-refractivity contribution is 5.82. The third-order valence-corrected chi connectivity index (χ3v) is 5.29. The van der Waals surface area contributed by atoms with Gasteiger partial charge in [-0.05, 0) is 18.6 Å². The minimum atomic E-state index is 0.171. The average molecular weight is 372 g/mol. The molecule has 0 bridgehead atoms. The molecule has 0 saturated carbocycles. The van der Waals surface area contributed by atoms with E-state index >= 15 is 0 Å². The lowest BCUT2D eigenvalue weighted by atomic mass is 10.2. The number of hydrogen-bond donors (Lipinski definition) is 0. The lowest BCUT2D eigenvalue weighted by Crippen LogP contribution is -2.38. The van der Waals surface area contributed by atoms with E-state index in [-0.39, 0.29) is 5.91 Å². The van der Waals surface area contributed by atoms with Gasteiger partial charge in [0.2, 0.25) is 5.91 Å².